The normalized spacial score (nSPS) is 14.4. The maximum absolute atomic E-state index is 12.7. The van der Waals surface area contributed by atoms with E-state index in [1.54, 1.807) is 23.3 Å². The van der Waals surface area contributed by atoms with Crippen molar-refractivity contribution >= 4 is 22.6 Å². The van der Waals surface area contributed by atoms with E-state index in [-0.39, 0.29) is 11.6 Å². The minimum atomic E-state index is -0.0803. The molecule has 1 aliphatic heterocycles. The first-order valence-corrected chi connectivity index (χ1v) is 9.89. The number of imidazole rings is 1. The van der Waals surface area contributed by atoms with Crippen molar-refractivity contribution in [2.45, 2.75) is 13.0 Å². The predicted octanol–water partition coefficient (Wildman–Crippen LogP) is 2.09. The van der Waals surface area contributed by atoms with E-state index in [1.807, 2.05) is 53.4 Å². The second-order valence-electron chi connectivity index (χ2n) is 7.30. The Labute approximate surface area is 169 Å². The van der Waals surface area contributed by atoms with Gasteiger partial charge in [-0.1, -0.05) is 12.1 Å². The molecule has 0 saturated carbocycles. The maximum Gasteiger partial charge on any atom is 0.328 e. The number of benzene rings is 2. The Bertz CT molecular complexity index is 1060. The third-order valence-electron chi connectivity index (χ3n) is 5.67. The molecule has 2 aromatic carbocycles. The van der Waals surface area contributed by atoms with Gasteiger partial charge in [-0.3, -0.25) is 13.9 Å². The lowest BCUT2D eigenvalue weighted by Crippen LogP contribution is -2.49. The van der Waals surface area contributed by atoms with Crippen LogP contribution < -0.4 is 15.3 Å². The number of rotatable bonds is 5. The number of hydrogen-bond donors (Lipinski definition) is 0. The Kier molecular flexibility index (Phi) is 5.29. The Hall–Kier alpha value is -3.22. The summed E-state index contributed by atoms with van der Waals surface area (Å²) in [5.74, 6) is 0.936. The molecule has 2 heterocycles. The van der Waals surface area contributed by atoms with Crippen LogP contribution in [0, 0.1) is 0 Å². The van der Waals surface area contributed by atoms with Crippen molar-refractivity contribution in [3.05, 3.63) is 59.0 Å². The highest BCUT2D eigenvalue weighted by molar-refractivity contribution is 5.78. The van der Waals surface area contributed by atoms with E-state index in [2.05, 4.69) is 4.90 Å². The average Bonchev–Trinajstić information content (AvgIpc) is 3.02. The molecule has 0 atom stereocenters. The summed E-state index contributed by atoms with van der Waals surface area (Å²) in [4.78, 5) is 29.4. The number of ether oxygens (including phenoxy) is 1. The van der Waals surface area contributed by atoms with Gasteiger partial charge in [0.2, 0.25) is 5.91 Å². The van der Waals surface area contributed by atoms with Gasteiger partial charge in [0, 0.05) is 51.9 Å². The van der Waals surface area contributed by atoms with Crippen molar-refractivity contribution in [3.8, 4) is 5.75 Å². The molecular weight excluding hydrogens is 368 g/mol. The zero-order valence-corrected chi connectivity index (χ0v) is 16.9. The van der Waals surface area contributed by atoms with E-state index in [0.29, 0.717) is 26.1 Å². The summed E-state index contributed by atoms with van der Waals surface area (Å²) >= 11 is 0. The van der Waals surface area contributed by atoms with Gasteiger partial charge in [0.05, 0.1) is 18.1 Å². The van der Waals surface area contributed by atoms with Gasteiger partial charge >= 0.3 is 5.69 Å². The van der Waals surface area contributed by atoms with E-state index in [0.717, 1.165) is 35.6 Å². The number of para-hydroxylation sites is 2. The fourth-order valence-corrected chi connectivity index (χ4v) is 3.95. The number of aromatic nitrogens is 2. The van der Waals surface area contributed by atoms with Crippen molar-refractivity contribution in [3.63, 3.8) is 0 Å². The quantitative estimate of drug-likeness (QED) is 0.665. The van der Waals surface area contributed by atoms with Crippen LogP contribution in [0.2, 0.25) is 0 Å². The van der Waals surface area contributed by atoms with Crippen molar-refractivity contribution < 1.29 is 9.53 Å². The first-order chi connectivity index (χ1) is 14.1. The number of fused-ring (bicyclic) bond motifs is 1. The number of amides is 1. The highest BCUT2D eigenvalue weighted by Crippen LogP contribution is 2.21. The number of piperazine rings is 1. The molecule has 1 saturated heterocycles. The second kappa shape index (κ2) is 8.03. The number of methoxy groups -OCH3 is 1. The van der Waals surface area contributed by atoms with Gasteiger partial charge in [0.15, 0.2) is 0 Å². The molecule has 0 unspecified atom stereocenters. The van der Waals surface area contributed by atoms with Gasteiger partial charge < -0.3 is 14.5 Å². The van der Waals surface area contributed by atoms with E-state index in [4.69, 9.17) is 4.74 Å². The molecular formula is C22H26N4O3. The lowest BCUT2D eigenvalue weighted by atomic mass is 10.2. The molecule has 1 aliphatic rings. The van der Waals surface area contributed by atoms with Gasteiger partial charge in [0.25, 0.3) is 0 Å². The fraction of sp³-hybridized carbons (Fsp3) is 0.364. The number of carbonyl (C=O) groups is 1. The lowest BCUT2D eigenvalue weighted by Gasteiger charge is -2.36. The predicted molar refractivity (Wildman–Crippen MR) is 114 cm³/mol. The molecule has 4 rings (SSSR count). The minimum absolute atomic E-state index is 0.0803. The zero-order valence-electron chi connectivity index (χ0n) is 16.9. The monoisotopic (exact) mass is 394 g/mol. The van der Waals surface area contributed by atoms with Gasteiger partial charge in [-0.2, -0.15) is 0 Å². The van der Waals surface area contributed by atoms with Crippen LogP contribution in [0.1, 0.15) is 6.42 Å². The summed E-state index contributed by atoms with van der Waals surface area (Å²) < 4.78 is 8.54. The largest absolute Gasteiger partial charge is 0.497 e. The third kappa shape index (κ3) is 3.72. The van der Waals surface area contributed by atoms with Gasteiger partial charge in [-0.05, 0) is 36.4 Å². The standard InChI is InChI=1S/C22H26N4O3/c1-23-19-5-3-4-6-20(19)26(22(23)28)12-11-21(27)25-15-13-24(14-16-25)17-7-9-18(29-2)10-8-17/h3-10H,11-16H2,1-2H3. The van der Waals surface area contributed by atoms with E-state index < -0.39 is 0 Å². The van der Waals surface area contributed by atoms with Crippen LogP contribution >= 0.6 is 0 Å². The molecule has 152 valence electrons. The molecule has 0 aliphatic carbocycles. The van der Waals surface area contributed by atoms with Crippen LogP contribution in [0.4, 0.5) is 5.69 Å². The first-order valence-electron chi connectivity index (χ1n) is 9.89. The van der Waals surface area contributed by atoms with Crippen LogP contribution in [-0.2, 0) is 18.4 Å². The molecule has 1 fully saturated rings. The average molecular weight is 394 g/mol. The molecule has 1 amide bonds. The summed E-state index contributed by atoms with van der Waals surface area (Å²) in [7, 11) is 3.42. The Morgan fingerprint density at radius 2 is 1.62 bits per heavy atom. The number of nitrogens with zero attached hydrogens (tertiary/aromatic N) is 4. The molecule has 3 aromatic rings. The highest BCUT2D eigenvalue weighted by atomic mass is 16.5. The molecule has 7 nitrogen and oxygen atoms in total. The van der Waals surface area contributed by atoms with E-state index in [9.17, 15) is 9.59 Å². The van der Waals surface area contributed by atoms with E-state index in [1.165, 1.54) is 0 Å². The molecule has 0 N–H and O–H groups in total. The van der Waals surface area contributed by atoms with Gasteiger partial charge in [-0.15, -0.1) is 0 Å². The molecule has 29 heavy (non-hydrogen) atoms. The molecule has 7 heteroatoms. The van der Waals surface area contributed by atoms with Crippen molar-refractivity contribution in [2.75, 3.05) is 38.2 Å². The summed E-state index contributed by atoms with van der Waals surface area (Å²) in [6.45, 7) is 3.38. The fourth-order valence-electron chi connectivity index (χ4n) is 3.95. The lowest BCUT2D eigenvalue weighted by molar-refractivity contribution is -0.131. The van der Waals surface area contributed by atoms with Crippen LogP contribution in [-0.4, -0.2) is 53.2 Å². The molecule has 0 radical (unpaired) electrons. The van der Waals surface area contributed by atoms with Crippen LogP contribution in [0.15, 0.2) is 53.3 Å². The van der Waals surface area contributed by atoms with Crippen LogP contribution in [0.3, 0.4) is 0 Å². The number of aryl methyl sites for hydroxylation is 2. The van der Waals surface area contributed by atoms with Gasteiger partial charge in [-0.25, -0.2) is 4.79 Å². The summed E-state index contributed by atoms with van der Waals surface area (Å²) in [5, 5.41) is 0. The van der Waals surface area contributed by atoms with Gasteiger partial charge in [0.1, 0.15) is 5.75 Å². The Morgan fingerprint density at radius 1 is 0.966 bits per heavy atom. The number of carbonyl (C=O) groups excluding carboxylic acids is 1. The summed E-state index contributed by atoms with van der Waals surface area (Å²) in [5.41, 5.74) is 2.82. The topological polar surface area (TPSA) is 59.7 Å². The molecule has 1 aromatic heterocycles. The molecule has 0 spiro atoms. The van der Waals surface area contributed by atoms with Crippen LogP contribution in [0.25, 0.3) is 11.0 Å². The first kappa shape index (κ1) is 19.1. The van der Waals surface area contributed by atoms with Crippen LogP contribution in [0.5, 0.6) is 5.75 Å². The minimum Gasteiger partial charge on any atom is -0.497 e. The molecule has 0 bridgehead atoms. The maximum atomic E-state index is 12.7. The van der Waals surface area contributed by atoms with Crippen molar-refractivity contribution in [2.24, 2.45) is 7.05 Å². The SMILES string of the molecule is COc1ccc(N2CCN(C(=O)CCn3c(=O)n(C)c4ccccc43)CC2)cc1. The number of anilines is 1. The van der Waals surface area contributed by atoms with Crippen molar-refractivity contribution in [1.82, 2.24) is 14.0 Å². The van der Waals surface area contributed by atoms with Crippen molar-refractivity contribution in [1.29, 1.82) is 0 Å². The highest BCUT2D eigenvalue weighted by Gasteiger charge is 2.22. The third-order valence-corrected chi connectivity index (χ3v) is 5.67. The zero-order chi connectivity index (χ0) is 20.4. The smallest absolute Gasteiger partial charge is 0.328 e. The summed E-state index contributed by atoms with van der Waals surface area (Å²) in [6.07, 6.45) is 0.330. The Morgan fingerprint density at radius 3 is 2.28 bits per heavy atom. The summed E-state index contributed by atoms with van der Waals surface area (Å²) in [6, 6.07) is 15.7. The van der Waals surface area contributed by atoms with E-state index >= 15 is 0 Å². The number of hydrogen-bond acceptors (Lipinski definition) is 4. The second-order valence-corrected chi connectivity index (χ2v) is 7.30. The Balaban J connectivity index is 1.36.